The highest BCUT2D eigenvalue weighted by molar-refractivity contribution is 7.99. The molecule has 0 saturated carbocycles. The van der Waals surface area contributed by atoms with Gasteiger partial charge in [-0.15, -0.1) is 11.8 Å². The highest BCUT2D eigenvalue weighted by atomic mass is 35.5. The van der Waals surface area contributed by atoms with Crippen molar-refractivity contribution in [2.45, 2.75) is 5.75 Å². The van der Waals surface area contributed by atoms with E-state index in [4.69, 9.17) is 11.6 Å². The van der Waals surface area contributed by atoms with E-state index >= 15 is 0 Å². The zero-order valence-electron chi connectivity index (χ0n) is 13.7. The molecule has 2 aromatic carbocycles. The van der Waals surface area contributed by atoms with Crippen LogP contribution in [-0.4, -0.2) is 26.7 Å². The van der Waals surface area contributed by atoms with E-state index in [9.17, 15) is 9.90 Å². The summed E-state index contributed by atoms with van der Waals surface area (Å²) in [5.41, 5.74) is 2.32. The average molecular weight is 386 g/mol. The summed E-state index contributed by atoms with van der Waals surface area (Å²) in [5.74, 6) is 1.54. The first-order valence-corrected chi connectivity index (χ1v) is 9.37. The van der Waals surface area contributed by atoms with E-state index in [0.29, 0.717) is 33.6 Å². The SMILES string of the molecule is O=C(CSCc1cccc(Cl)c1)Nc1cnc(-c2cccc(O)c2)nc1. The molecular weight excluding hydrogens is 370 g/mol. The summed E-state index contributed by atoms with van der Waals surface area (Å²) in [4.78, 5) is 20.5. The molecule has 0 aliphatic carbocycles. The maximum atomic E-state index is 12.0. The van der Waals surface area contributed by atoms with Crippen LogP contribution >= 0.6 is 23.4 Å². The molecule has 2 N–H and O–H groups in total. The number of anilines is 1. The number of thioether (sulfide) groups is 1. The summed E-state index contributed by atoms with van der Waals surface area (Å²) in [6.45, 7) is 0. The molecule has 0 aliphatic rings. The minimum Gasteiger partial charge on any atom is -0.508 e. The third-order valence-electron chi connectivity index (χ3n) is 3.43. The number of hydrogen-bond acceptors (Lipinski definition) is 5. The van der Waals surface area contributed by atoms with Gasteiger partial charge in [-0.25, -0.2) is 9.97 Å². The summed E-state index contributed by atoms with van der Waals surface area (Å²) in [5, 5.41) is 13.0. The Balaban J connectivity index is 1.51. The second kappa shape index (κ2) is 8.69. The van der Waals surface area contributed by atoms with Gasteiger partial charge in [-0.1, -0.05) is 35.9 Å². The maximum Gasteiger partial charge on any atom is 0.234 e. The highest BCUT2D eigenvalue weighted by Gasteiger charge is 2.06. The minimum absolute atomic E-state index is 0.120. The Labute approximate surface area is 160 Å². The molecule has 0 bridgehead atoms. The van der Waals surface area contributed by atoms with Crippen molar-refractivity contribution in [1.82, 2.24) is 9.97 Å². The van der Waals surface area contributed by atoms with Gasteiger partial charge in [-0.2, -0.15) is 0 Å². The van der Waals surface area contributed by atoms with Crippen LogP contribution in [0, 0.1) is 0 Å². The predicted octanol–water partition coefficient (Wildman–Crippen LogP) is 4.37. The standard InChI is InChI=1S/C19H16ClN3O2S/c20-15-5-1-3-13(7-15)11-26-12-18(25)23-16-9-21-19(22-10-16)14-4-2-6-17(24)8-14/h1-10,24H,11-12H2,(H,23,25). The number of aromatic nitrogens is 2. The van der Waals surface area contributed by atoms with Gasteiger partial charge >= 0.3 is 0 Å². The molecular formula is C19H16ClN3O2S. The summed E-state index contributed by atoms with van der Waals surface area (Å²) in [6.07, 6.45) is 3.10. The number of benzene rings is 2. The first-order valence-electron chi connectivity index (χ1n) is 7.83. The summed E-state index contributed by atoms with van der Waals surface area (Å²) in [6, 6.07) is 14.3. The molecule has 3 rings (SSSR count). The van der Waals surface area contributed by atoms with Gasteiger partial charge in [0.1, 0.15) is 5.75 Å². The van der Waals surface area contributed by atoms with E-state index in [-0.39, 0.29) is 11.7 Å². The van der Waals surface area contributed by atoms with Gasteiger partial charge in [0.25, 0.3) is 0 Å². The Hall–Kier alpha value is -2.57. The van der Waals surface area contributed by atoms with Crippen LogP contribution in [0.15, 0.2) is 60.9 Å². The first kappa shape index (κ1) is 18.2. The number of carbonyl (C=O) groups is 1. The number of hydrogen-bond donors (Lipinski definition) is 2. The van der Waals surface area contributed by atoms with E-state index in [2.05, 4.69) is 15.3 Å². The number of phenols is 1. The van der Waals surface area contributed by atoms with Crippen LogP contribution in [-0.2, 0) is 10.5 Å². The van der Waals surface area contributed by atoms with E-state index in [1.54, 1.807) is 36.7 Å². The Morgan fingerprint density at radius 3 is 2.62 bits per heavy atom. The summed E-state index contributed by atoms with van der Waals surface area (Å²) in [7, 11) is 0. The van der Waals surface area contributed by atoms with Crippen LogP contribution in [0.5, 0.6) is 5.75 Å². The molecule has 0 aliphatic heterocycles. The predicted molar refractivity (Wildman–Crippen MR) is 105 cm³/mol. The van der Waals surface area contributed by atoms with Crippen LogP contribution in [0.1, 0.15) is 5.56 Å². The lowest BCUT2D eigenvalue weighted by Crippen LogP contribution is -2.14. The van der Waals surface area contributed by atoms with Gasteiger partial charge in [-0.05, 0) is 29.8 Å². The second-order valence-electron chi connectivity index (χ2n) is 5.52. The largest absolute Gasteiger partial charge is 0.508 e. The van der Waals surface area contributed by atoms with Crippen molar-refractivity contribution in [1.29, 1.82) is 0 Å². The molecule has 3 aromatic rings. The quantitative estimate of drug-likeness (QED) is 0.658. The highest BCUT2D eigenvalue weighted by Crippen LogP contribution is 2.20. The molecule has 132 valence electrons. The normalized spacial score (nSPS) is 10.5. The summed E-state index contributed by atoms with van der Waals surface area (Å²) < 4.78 is 0. The molecule has 0 saturated heterocycles. The number of carbonyl (C=O) groups excluding carboxylic acids is 1. The van der Waals surface area contributed by atoms with E-state index < -0.39 is 0 Å². The number of halogens is 1. The molecule has 0 spiro atoms. The van der Waals surface area contributed by atoms with Gasteiger partial charge in [-0.3, -0.25) is 4.79 Å². The fourth-order valence-corrected chi connectivity index (χ4v) is 3.26. The Morgan fingerprint density at radius 1 is 1.12 bits per heavy atom. The van der Waals surface area contributed by atoms with Crippen LogP contribution in [0.3, 0.4) is 0 Å². The van der Waals surface area contributed by atoms with Gasteiger partial charge < -0.3 is 10.4 Å². The molecule has 1 amide bonds. The molecule has 0 fully saturated rings. The number of nitrogens with one attached hydrogen (secondary N) is 1. The molecule has 0 unspecified atom stereocenters. The molecule has 7 heteroatoms. The third-order valence-corrected chi connectivity index (χ3v) is 4.67. The zero-order valence-corrected chi connectivity index (χ0v) is 15.3. The minimum atomic E-state index is -0.120. The molecule has 0 radical (unpaired) electrons. The Kier molecular flexibility index (Phi) is 6.09. The number of phenolic OH excluding ortho intramolecular Hbond substituents is 1. The zero-order chi connectivity index (χ0) is 18.4. The van der Waals surface area contributed by atoms with Gasteiger partial charge in [0.2, 0.25) is 5.91 Å². The fourth-order valence-electron chi connectivity index (χ4n) is 2.27. The van der Waals surface area contributed by atoms with Crippen molar-refractivity contribution in [3.63, 3.8) is 0 Å². The second-order valence-corrected chi connectivity index (χ2v) is 6.94. The number of amides is 1. The monoisotopic (exact) mass is 385 g/mol. The van der Waals surface area contributed by atoms with Crippen LogP contribution in [0.2, 0.25) is 5.02 Å². The molecule has 1 aromatic heterocycles. The summed E-state index contributed by atoms with van der Waals surface area (Å²) >= 11 is 7.45. The lowest BCUT2D eigenvalue weighted by atomic mass is 10.2. The van der Waals surface area contributed by atoms with Crippen molar-refractivity contribution in [2.24, 2.45) is 0 Å². The molecule has 1 heterocycles. The molecule has 0 atom stereocenters. The Morgan fingerprint density at radius 2 is 1.88 bits per heavy atom. The van der Waals surface area contributed by atoms with Crippen LogP contribution in [0.25, 0.3) is 11.4 Å². The smallest absolute Gasteiger partial charge is 0.234 e. The maximum absolute atomic E-state index is 12.0. The third kappa shape index (κ3) is 5.21. The number of aromatic hydroxyl groups is 1. The average Bonchev–Trinajstić information content (AvgIpc) is 2.62. The van der Waals surface area contributed by atoms with Crippen molar-refractivity contribution < 1.29 is 9.90 Å². The number of rotatable bonds is 6. The van der Waals surface area contributed by atoms with E-state index in [1.807, 2.05) is 24.3 Å². The van der Waals surface area contributed by atoms with E-state index in [1.165, 1.54) is 11.8 Å². The molecule has 5 nitrogen and oxygen atoms in total. The first-order chi connectivity index (χ1) is 12.6. The van der Waals surface area contributed by atoms with Crippen molar-refractivity contribution in [2.75, 3.05) is 11.1 Å². The van der Waals surface area contributed by atoms with Crippen molar-refractivity contribution in [3.05, 3.63) is 71.5 Å². The van der Waals surface area contributed by atoms with Crippen LogP contribution in [0.4, 0.5) is 5.69 Å². The van der Waals surface area contributed by atoms with Gasteiger partial charge in [0, 0.05) is 16.3 Å². The fraction of sp³-hybridized carbons (Fsp3) is 0.105. The lowest BCUT2D eigenvalue weighted by Gasteiger charge is -2.06. The van der Waals surface area contributed by atoms with Crippen molar-refractivity contribution in [3.8, 4) is 17.1 Å². The van der Waals surface area contributed by atoms with Gasteiger partial charge in [0.05, 0.1) is 23.8 Å². The Bertz CT molecular complexity index is 903. The lowest BCUT2D eigenvalue weighted by molar-refractivity contribution is -0.113. The van der Waals surface area contributed by atoms with Gasteiger partial charge in [0.15, 0.2) is 5.82 Å². The topological polar surface area (TPSA) is 75.1 Å². The molecule has 26 heavy (non-hydrogen) atoms. The van der Waals surface area contributed by atoms with Crippen molar-refractivity contribution >= 4 is 35.0 Å². The number of nitrogens with zero attached hydrogens (tertiary/aromatic N) is 2. The van der Waals surface area contributed by atoms with E-state index in [0.717, 1.165) is 5.56 Å². The van der Waals surface area contributed by atoms with Crippen LogP contribution < -0.4 is 5.32 Å².